The second kappa shape index (κ2) is 5.97. The molecule has 3 rings (SSSR count). The Hall–Kier alpha value is -1.07. The van der Waals surface area contributed by atoms with Crippen LogP contribution in [0.4, 0.5) is 0 Å². The minimum Gasteiger partial charge on any atom is -0.493 e. The summed E-state index contributed by atoms with van der Waals surface area (Å²) in [5.41, 5.74) is 2.58. The minimum absolute atomic E-state index is 0.293. The lowest BCUT2D eigenvalue weighted by Gasteiger charge is -2.28. The second-order valence-corrected chi connectivity index (χ2v) is 8.32. The van der Waals surface area contributed by atoms with E-state index in [4.69, 9.17) is 4.74 Å². The maximum atomic E-state index is 11.5. The first kappa shape index (κ1) is 14.9. The fourth-order valence-corrected chi connectivity index (χ4v) is 4.71. The van der Waals surface area contributed by atoms with Gasteiger partial charge in [0.1, 0.15) is 15.6 Å². The highest BCUT2D eigenvalue weighted by molar-refractivity contribution is 7.91. The molecule has 21 heavy (non-hydrogen) atoms. The minimum atomic E-state index is -2.79. The summed E-state index contributed by atoms with van der Waals surface area (Å²) >= 11 is 0. The Labute approximate surface area is 126 Å². The summed E-state index contributed by atoms with van der Waals surface area (Å²) in [6.07, 6.45) is 3.45. The Morgan fingerprint density at radius 3 is 2.81 bits per heavy atom. The van der Waals surface area contributed by atoms with Crippen LogP contribution in [0.25, 0.3) is 0 Å². The van der Waals surface area contributed by atoms with Crippen LogP contribution >= 0.6 is 0 Å². The van der Waals surface area contributed by atoms with Crippen LogP contribution in [0.2, 0.25) is 0 Å². The van der Waals surface area contributed by atoms with Gasteiger partial charge < -0.3 is 10.1 Å². The molecule has 0 saturated carbocycles. The molecule has 1 aromatic rings. The number of benzene rings is 1. The second-order valence-electron chi connectivity index (χ2n) is 6.02. The van der Waals surface area contributed by atoms with E-state index < -0.39 is 9.84 Å². The van der Waals surface area contributed by atoms with Gasteiger partial charge in [0.15, 0.2) is 0 Å². The van der Waals surface area contributed by atoms with E-state index >= 15 is 0 Å². The fraction of sp³-hybridized carbons (Fsp3) is 0.625. The first-order valence-electron chi connectivity index (χ1n) is 7.79. The number of rotatable bonds is 4. The third kappa shape index (κ3) is 3.40. The normalized spacial score (nSPS) is 22.5. The van der Waals surface area contributed by atoms with Crippen molar-refractivity contribution >= 4 is 9.84 Å². The molecule has 0 radical (unpaired) electrons. The predicted molar refractivity (Wildman–Crippen MR) is 83.5 cm³/mol. The molecule has 1 aromatic carbocycles. The number of hydrogen-bond acceptors (Lipinski definition) is 4. The number of ether oxygens (including phenoxy) is 1. The SMILES string of the molecule is CCC(NC1CCS(=O)(=O)CC1)c1ccc2c(c1)CCO2. The maximum absolute atomic E-state index is 11.5. The molecule has 1 atom stereocenters. The summed E-state index contributed by atoms with van der Waals surface area (Å²) in [6.45, 7) is 2.95. The lowest BCUT2D eigenvalue weighted by molar-refractivity contribution is 0.356. The summed E-state index contributed by atoms with van der Waals surface area (Å²) in [5, 5.41) is 3.65. The topological polar surface area (TPSA) is 55.4 Å². The Bertz CT molecular complexity index is 598. The highest BCUT2D eigenvalue weighted by atomic mass is 32.2. The summed E-state index contributed by atoms with van der Waals surface area (Å²) < 4.78 is 28.6. The van der Waals surface area contributed by atoms with E-state index in [0.29, 0.717) is 23.6 Å². The van der Waals surface area contributed by atoms with Crippen LogP contribution < -0.4 is 10.1 Å². The van der Waals surface area contributed by atoms with Gasteiger partial charge in [-0.1, -0.05) is 19.1 Å². The van der Waals surface area contributed by atoms with E-state index in [9.17, 15) is 8.42 Å². The molecule has 1 saturated heterocycles. The molecule has 1 N–H and O–H groups in total. The van der Waals surface area contributed by atoms with Gasteiger partial charge in [0, 0.05) is 18.5 Å². The number of sulfone groups is 1. The maximum Gasteiger partial charge on any atom is 0.150 e. The largest absolute Gasteiger partial charge is 0.493 e. The molecule has 0 spiro atoms. The van der Waals surface area contributed by atoms with E-state index in [1.165, 1.54) is 11.1 Å². The molecular formula is C16H23NO3S. The number of hydrogen-bond donors (Lipinski definition) is 1. The highest BCUT2D eigenvalue weighted by Crippen LogP contribution is 2.29. The fourth-order valence-electron chi connectivity index (χ4n) is 3.21. The molecule has 5 heteroatoms. The van der Waals surface area contributed by atoms with Crippen molar-refractivity contribution in [1.82, 2.24) is 5.32 Å². The van der Waals surface area contributed by atoms with Crippen LogP contribution in [-0.2, 0) is 16.3 Å². The summed E-state index contributed by atoms with van der Waals surface area (Å²) in [7, 11) is -2.79. The zero-order chi connectivity index (χ0) is 14.9. The molecule has 0 amide bonds. The standard InChI is InChI=1S/C16H23NO3S/c1-2-15(17-14-6-9-21(18,19)10-7-14)12-3-4-16-13(11-12)5-8-20-16/h3-4,11,14-15,17H,2,5-10H2,1H3. The van der Waals surface area contributed by atoms with Gasteiger partial charge in [-0.15, -0.1) is 0 Å². The Morgan fingerprint density at radius 1 is 1.33 bits per heavy atom. The van der Waals surface area contributed by atoms with Gasteiger partial charge in [-0.05, 0) is 36.5 Å². The van der Waals surface area contributed by atoms with Crippen molar-refractivity contribution in [3.63, 3.8) is 0 Å². The van der Waals surface area contributed by atoms with Crippen molar-refractivity contribution in [3.8, 4) is 5.75 Å². The Kier molecular flexibility index (Phi) is 4.22. The molecule has 0 bridgehead atoms. The number of fused-ring (bicyclic) bond motifs is 1. The van der Waals surface area contributed by atoms with E-state index in [0.717, 1.165) is 38.0 Å². The third-order valence-corrected chi connectivity index (χ3v) is 6.23. The van der Waals surface area contributed by atoms with E-state index in [2.05, 4.69) is 30.4 Å². The average Bonchev–Trinajstić information content (AvgIpc) is 2.93. The Balaban J connectivity index is 1.68. The molecule has 0 aliphatic carbocycles. The quantitative estimate of drug-likeness (QED) is 0.927. The monoisotopic (exact) mass is 309 g/mol. The molecule has 4 nitrogen and oxygen atoms in total. The van der Waals surface area contributed by atoms with Crippen LogP contribution in [-0.4, -0.2) is 32.6 Å². The Morgan fingerprint density at radius 2 is 2.10 bits per heavy atom. The van der Waals surface area contributed by atoms with E-state index in [1.807, 2.05) is 0 Å². The van der Waals surface area contributed by atoms with Crippen molar-refractivity contribution in [2.45, 2.75) is 44.7 Å². The zero-order valence-corrected chi connectivity index (χ0v) is 13.3. The van der Waals surface area contributed by atoms with Crippen LogP contribution in [0.15, 0.2) is 18.2 Å². The van der Waals surface area contributed by atoms with E-state index in [1.54, 1.807) is 0 Å². The molecule has 1 fully saturated rings. The van der Waals surface area contributed by atoms with Gasteiger partial charge in [0.2, 0.25) is 0 Å². The predicted octanol–water partition coefficient (Wildman–Crippen LogP) is 2.24. The van der Waals surface area contributed by atoms with Crippen LogP contribution in [0.5, 0.6) is 5.75 Å². The smallest absolute Gasteiger partial charge is 0.150 e. The first-order chi connectivity index (χ1) is 10.1. The molecule has 2 aliphatic heterocycles. The van der Waals surface area contributed by atoms with Crippen molar-refractivity contribution in [3.05, 3.63) is 29.3 Å². The van der Waals surface area contributed by atoms with Crippen molar-refractivity contribution in [1.29, 1.82) is 0 Å². The first-order valence-corrected chi connectivity index (χ1v) is 9.61. The van der Waals surface area contributed by atoms with Crippen LogP contribution in [0, 0.1) is 0 Å². The molecule has 1 unspecified atom stereocenters. The summed E-state index contributed by atoms with van der Waals surface area (Å²) in [6, 6.07) is 7.03. The van der Waals surface area contributed by atoms with Gasteiger partial charge in [0.25, 0.3) is 0 Å². The molecule has 0 aromatic heterocycles. The van der Waals surface area contributed by atoms with Crippen LogP contribution in [0.3, 0.4) is 0 Å². The van der Waals surface area contributed by atoms with Gasteiger partial charge in [-0.2, -0.15) is 0 Å². The molecule has 2 aliphatic rings. The third-order valence-electron chi connectivity index (χ3n) is 4.52. The van der Waals surface area contributed by atoms with Crippen molar-refractivity contribution < 1.29 is 13.2 Å². The molecular weight excluding hydrogens is 286 g/mol. The lowest BCUT2D eigenvalue weighted by atomic mass is 9.99. The van der Waals surface area contributed by atoms with Gasteiger partial charge in [-0.25, -0.2) is 8.42 Å². The van der Waals surface area contributed by atoms with E-state index in [-0.39, 0.29) is 0 Å². The highest BCUT2D eigenvalue weighted by Gasteiger charge is 2.25. The van der Waals surface area contributed by atoms with Crippen LogP contribution in [0.1, 0.15) is 43.4 Å². The zero-order valence-electron chi connectivity index (χ0n) is 12.5. The molecule has 116 valence electrons. The van der Waals surface area contributed by atoms with Gasteiger partial charge >= 0.3 is 0 Å². The average molecular weight is 309 g/mol. The van der Waals surface area contributed by atoms with Crippen molar-refractivity contribution in [2.24, 2.45) is 0 Å². The van der Waals surface area contributed by atoms with Gasteiger partial charge in [-0.3, -0.25) is 0 Å². The number of nitrogens with one attached hydrogen (secondary N) is 1. The van der Waals surface area contributed by atoms with Crippen molar-refractivity contribution in [2.75, 3.05) is 18.1 Å². The summed E-state index contributed by atoms with van der Waals surface area (Å²) in [5.74, 6) is 1.65. The summed E-state index contributed by atoms with van der Waals surface area (Å²) in [4.78, 5) is 0. The molecule has 2 heterocycles. The lowest BCUT2D eigenvalue weighted by Crippen LogP contribution is -2.39. The van der Waals surface area contributed by atoms with Gasteiger partial charge in [0.05, 0.1) is 18.1 Å².